The normalized spacial score (nSPS) is 30.8. The molecule has 2 fully saturated rings. The number of ether oxygens (including phenoxy) is 2. The van der Waals surface area contributed by atoms with Crippen LogP contribution < -0.4 is 0 Å². The van der Waals surface area contributed by atoms with Gasteiger partial charge in [-0.15, -0.1) is 0 Å². The van der Waals surface area contributed by atoms with Crippen molar-refractivity contribution < 1.29 is 9.47 Å². The molecule has 0 aromatic carbocycles. The van der Waals surface area contributed by atoms with Gasteiger partial charge in [0.2, 0.25) is 0 Å². The molecule has 0 aromatic rings. The summed E-state index contributed by atoms with van der Waals surface area (Å²) in [5, 5.41) is 0. The Morgan fingerprint density at radius 2 is 1.68 bits per heavy atom. The Labute approximate surface area is 157 Å². The van der Waals surface area contributed by atoms with E-state index in [1.165, 1.54) is 57.8 Å². The molecule has 1 saturated carbocycles. The zero-order valence-corrected chi connectivity index (χ0v) is 18.1. The molecule has 1 saturated heterocycles. The van der Waals surface area contributed by atoms with Crippen LogP contribution in [0.4, 0.5) is 0 Å². The lowest BCUT2D eigenvalue weighted by molar-refractivity contribution is -0.188. The Balaban J connectivity index is 1.93. The molecule has 2 nitrogen and oxygen atoms in total. The van der Waals surface area contributed by atoms with E-state index >= 15 is 0 Å². The molecule has 0 aromatic heterocycles. The van der Waals surface area contributed by atoms with Gasteiger partial charge in [0.15, 0.2) is 0 Å². The third-order valence-corrected chi connectivity index (χ3v) is 6.57. The molecule has 25 heavy (non-hydrogen) atoms. The minimum atomic E-state index is -0.107. The molecule has 0 spiro atoms. The highest BCUT2D eigenvalue weighted by Crippen LogP contribution is 2.50. The van der Waals surface area contributed by atoms with Crippen LogP contribution in [0.2, 0.25) is 0 Å². The van der Waals surface area contributed by atoms with Crippen molar-refractivity contribution in [3.8, 4) is 0 Å². The summed E-state index contributed by atoms with van der Waals surface area (Å²) in [5.74, 6) is 0.571. The minimum Gasteiger partial charge on any atom is -0.366 e. The average Bonchev–Trinajstić information content (AvgIpc) is 3.25. The molecule has 1 heterocycles. The SMILES string of the molecule is CCCCCCCCC(C(C)(C)C)C(C)(C)O[C@]1(C)CCC[C@H]2O[C@H]21. The maximum Gasteiger partial charge on any atom is 0.113 e. The largest absolute Gasteiger partial charge is 0.366 e. The number of hydrogen-bond acceptors (Lipinski definition) is 2. The van der Waals surface area contributed by atoms with Crippen LogP contribution in [0.25, 0.3) is 0 Å². The number of fused-ring (bicyclic) bond motifs is 1. The predicted molar refractivity (Wildman–Crippen MR) is 107 cm³/mol. The van der Waals surface area contributed by atoms with E-state index in [9.17, 15) is 0 Å². The summed E-state index contributed by atoms with van der Waals surface area (Å²) in [7, 11) is 0. The summed E-state index contributed by atoms with van der Waals surface area (Å²) in [5.41, 5.74) is 0.0725. The van der Waals surface area contributed by atoms with Crippen LogP contribution in [0.15, 0.2) is 0 Å². The van der Waals surface area contributed by atoms with Gasteiger partial charge in [-0.2, -0.15) is 0 Å². The first kappa shape index (κ1) is 21.2. The van der Waals surface area contributed by atoms with Crippen LogP contribution in [-0.4, -0.2) is 23.4 Å². The number of rotatable bonds is 10. The predicted octanol–water partition coefficient (Wildman–Crippen LogP) is 6.90. The van der Waals surface area contributed by atoms with Crippen molar-refractivity contribution in [3.63, 3.8) is 0 Å². The van der Waals surface area contributed by atoms with Gasteiger partial charge in [0, 0.05) is 0 Å². The first-order valence-electron chi connectivity index (χ1n) is 11.0. The lowest BCUT2D eigenvalue weighted by Crippen LogP contribution is -2.51. The number of hydrogen-bond donors (Lipinski definition) is 0. The summed E-state index contributed by atoms with van der Waals surface area (Å²) in [4.78, 5) is 0. The highest BCUT2D eigenvalue weighted by molar-refractivity contribution is 5.05. The lowest BCUT2D eigenvalue weighted by Gasteiger charge is -2.48. The van der Waals surface area contributed by atoms with Crippen molar-refractivity contribution in [3.05, 3.63) is 0 Å². The highest BCUT2D eigenvalue weighted by Gasteiger charge is 2.57. The smallest absolute Gasteiger partial charge is 0.113 e. The Morgan fingerprint density at radius 3 is 2.32 bits per heavy atom. The zero-order valence-electron chi connectivity index (χ0n) is 18.1. The monoisotopic (exact) mass is 352 g/mol. The maximum absolute atomic E-state index is 6.88. The van der Waals surface area contributed by atoms with E-state index in [-0.39, 0.29) is 16.6 Å². The first-order valence-corrected chi connectivity index (χ1v) is 11.0. The van der Waals surface area contributed by atoms with Gasteiger partial charge in [0.25, 0.3) is 0 Å². The Bertz CT molecular complexity index is 409. The molecular formula is C23H44O2. The standard InChI is InChI=1S/C23H44O2/c1-8-9-10-11-12-13-16-19(21(2,3)4)22(5,6)25-23(7)17-14-15-18-20(23)24-18/h18-20H,8-17H2,1-7H3/t18-,19?,20-,23-/m1/s1. The van der Waals surface area contributed by atoms with Crippen molar-refractivity contribution in [2.45, 2.75) is 136 Å². The fourth-order valence-electron chi connectivity index (χ4n) is 5.43. The summed E-state index contributed by atoms with van der Waals surface area (Å²) in [6.07, 6.45) is 13.9. The van der Waals surface area contributed by atoms with E-state index in [4.69, 9.17) is 9.47 Å². The van der Waals surface area contributed by atoms with Crippen molar-refractivity contribution in [1.82, 2.24) is 0 Å². The second kappa shape index (κ2) is 8.30. The zero-order chi connectivity index (χ0) is 18.7. The fraction of sp³-hybridized carbons (Fsp3) is 1.00. The van der Waals surface area contributed by atoms with Crippen molar-refractivity contribution >= 4 is 0 Å². The Hall–Kier alpha value is -0.0800. The quantitative estimate of drug-likeness (QED) is 0.315. The molecule has 1 aliphatic heterocycles. The average molecular weight is 353 g/mol. The van der Waals surface area contributed by atoms with Crippen LogP contribution in [0, 0.1) is 11.3 Å². The molecule has 2 heteroatoms. The second-order valence-electron chi connectivity index (χ2n) is 10.5. The highest BCUT2D eigenvalue weighted by atomic mass is 16.6. The molecule has 1 aliphatic carbocycles. The fourth-order valence-corrected chi connectivity index (χ4v) is 5.43. The van der Waals surface area contributed by atoms with E-state index in [0.717, 1.165) is 6.42 Å². The molecule has 0 radical (unpaired) electrons. The number of unbranched alkanes of at least 4 members (excludes halogenated alkanes) is 5. The first-order chi connectivity index (χ1) is 11.6. The Kier molecular flexibility index (Phi) is 7.04. The third kappa shape index (κ3) is 5.70. The summed E-state index contributed by atoms with van der Waals surface area (Å²) < 4.78 is 12.8. The molecule has 1 unspecified atom stereocenters. The van der Waals surface area contributed by atoms with Crippen molar-refractivity contribution in [1.29, 1.82) is 0 Å². The van der Waals surface area contributed by atoms with E-state index in [2.05, 4.69) is 48.5 Å². The van der Waals surface area contributed by atoms with Crippen LogP contribution in [0.3, 0.4) is 0 Å². The summed E-state index contributed by atoms with van der Waals surface area (Å²) in [6, 6.07) is 0. The van der Waals surface area contributed by atoms with Gasteiger partial charge in [-0.25, -0.2) is 0 Å². The van der Waals surface area contributed by atoms with Gasteiger partial charge in [0.05, 0.1) is 17.3 Å². The van der Waals surface area contributed by atoms with Gasteiger partial charge >= 0.3 is 0 Å². The summed E-state index contributed by atoms with van der Waals surface area (Å²) in [6.45, 7) is 16.4. The summed E-state index contributed by atoms with van der Waals surface area (Å²) >= 11 is 0. The molecule has 148 valence electrons. The van der Waals surface area contributed by atoms with Crippen molar-refractivity contribution in [2.24, 2.45) is 11.3 Å². The third-order valence-electron chi connectivity index (χ3n) is 6.57. The molecule has 0 N–H and O–H groups in total. The van der Waals surface area contributed by atoms with Gasteiger partial charge in [-0.05, 0) is 57.8 Å². The second-order valence-corrected chi connectivity index (χ2v) is 10.5. The van der Waals surface area contributed by atoms with Crippen LogP contribution in [-0.2, 0) is 9.47 Å². The van der Waals surface area contributed by atoms with Crippen LogP contribution in [0.5, 0.6) is 0 Å². The van der Waals surface area contributed by atoms with E-state index < -0.39 is 0 Å². The topological polar surface area (TPSA) is 21.8 Å². The molecular weight excluding hydrogens is 308 g/mol. The Morgan fingerprint density at radius 1 is 1.04 bits per heavy atom. The molecule has 0 bridgehead atoms. The van der Waals surface area contributed by atoms with E-state index in [1.807, 2.05) is 0 Å². The number of epoxide rings is 1. The molecule has 2 rings (SSSR count). The van der Waals surface area contributed by atoms with Crippen molar-refractivity contribution in [2.75, 3.05) is 0 Å². The van der Waals surface area contributed by atoms with Gasteiger partial charge in [0.1, 0.15) is 6.10 Å². The molecule has 4 atom stereocenters. The van der Waals surface area contributed by atoms with Gasteiger partial charge in [-0.3, -0.25) is 0 Å². The lowest BCUT2D eigenvalue weighted by atomic mass is 9.69. The van der Waals surface area contributed by atoms with E-state index in [1.54, 1.807) is 0 Å². The van der Waals surface area contributed by atoms with E-state index in [0.29, 0.717) is 18.1 Å². The minimum absolute atomic E-state index is 0.0863. The van der Waals surface area contributed by atoms with Gasteiger partial charge < -0.3 is 9.47 Å². The molecule has 0 amide bonds. The van der Waals surface area contributed by atoms with Crippen LogP contribution in [0.1, 0.15) is 113 Å². The maximum atomic E-state index is 6.88. The van der Waals surface area contributed by atoms with Crippen LogP contribution >= 0.6 is 0 Å². The van der Waals surface area contributed by atoms with Gasteiger partial charge in [-0.1, -0.05) is 66.2 Å². The molecule has 2 aliphatic rings.